The number of amides is 1. The minimum Gasteiger partial charge on any atom is -0.345 e. The molecule has 116 valence electrons. The lowest BCUT2D eigenvalue weighted by molar-refractivity contribution is -0.128. The highest BCUT2D eigenvalue weighted by Gasteiger charge is 2.25. The fourth-order valence-corrected chi connectivity index (χ4v) is 2.81. The van der Waals surface area contributed by atoms with E-state index in [4.69, 9.17) is 0 Å². The van der Waals surface area contributed by atoms with E-state index >= 15 is 0 Å². The first-order chi connectivity index (χ1) is 9.31. The third-order valence-corrected chi connectivity index (χ3v) is 4.04. The number of piperidine rings is 1. The fourth-order valence-electron chi connectivity index (χ4n) is 2.81. The molecule has 0 aromatic carbocycles. The van der Waals surface area contributed by atoms with Crippen LogP contribution in [0.15, 0.2) is 0 Å². The number of hydrogen-bond acceptors (Lipinski definition) is 4. The van der Waals surface area contributed by atoms with Crippen LogP contribution in [-0.2, 0) is 9.59 Å². The van der Waals surface area contributed by atoms with Gasteiger partial charge in [0.05, 0.1) is 12.6 Å². The van der Waals surface area contributed by atoms with Gasteiger partial charge < -0.3 is 10.2 Å². The summed E-state index contributed by atoms with van der Waals surface area (Å²) in [5, 5.41) is 2.85. The quantitative estimate of drug-likeness (QED) is 0.781. The van der Waals surface area contributed by atoms with Crippen molar-refractivity contribution >= 4 is 11.7 Å². The maximum absolute atomic E-state index is 12.1. The van der Waals surface area contributed by atoms with Crippen molar-refractivity contribution in [1.29, 1.82) is 0 Å². The predicted octanol–water partition coefficient (Wildman–Crippen LogP) is 0.742. The summed E-state index contributed by atoms with van der Waals surface area (Å²) in [7, 11) is 4.10. The number of rotatable bonds is 6. The van der Waals surface area contributed by atoms with Crippen LogP contribution < -0.4 is 5.32 Å². The Hall–Kier alpha value is -0.940. The van der Waals surface area contributed by atoms with Gasteiger partial charge in [0.2, 0.25) is 5.91 Å². The normalized spacial score (nSPS) is 22.1. The van der Waals surface area contributed by atoms with Gasteiger partial charge in [-0.25, -0.2) is 0 Å². The van der Waals surface area contributed by atoms with Gasteiger partial charge in [0.25, 0.3) is 0 Å². The number of likely N-dealkylation sites (N-methyl/N-ethyl adjacent to an activating group) is 2. The molecule has 0 radical (unpaired) electrons. The molecule has 1 fully saturated rings. The Labute approximate surface area is 122 Å². The first kappa shape index (κ1) is 17.1. The Kier molecular flexibility index (Phi) is 6.62. The lowest BCUT2D eigenvalue weighted by Gasteiger charge is -2.35. The van der Waals surface area contributed by atoms with E-state index in [1.807, 2.05) is 20.9 Å². The van der Waals surface area contributed by atoms with Crippen molar-refractivity contribution in [3.63, 3.8) is 0 Å². The summed E-state index contributed by atoms with van der Waals surface area (Å²) in [4.78, 5) is 28.0. The predicted molar refractivity (Wildman–Crippen MR) is 80.6 cm³/mol. The van der Waals surface area contributed by atoms with Gasteiger partial charge in [0, 0.05) is 12.6 Å². The molecule has 1 aliphatic heterocycles. The summed E-state index contributed by atoms with van der Waals surface area (Å²) in [5.74, 6) is 0.0885. The average molecular weight is 283 g/mol. The van der Waals surface area contributed by atoms with Gasteiger partial charge in [-0.15, -0.1) is 0 Å². The molecule has 20 heavy (non-hydrogen) atoms. The number of ketones is 1. The number of nitrogens with zero attached hydrogens (tertiary/aromatic N) is 2. The Morgan fingerprint density at radius 3 is 2.55 bits per heavy atom. The lowest BCUT2D eigenvalue weighted by atomic mass is 10.0. The van der Waals surface area contributed by atoms with E-state index in [1.54, 1.807) is 0 Å². The summed E-state index contributed by atoms with van der Waals surface area (Å²) < 4.78 is 0. The third kappa shape index (κ3) is 5.21. The summed E-state index contributed by atoms with van der Waals surface area (Å²) >= 11 is 0. The van der Waals surface area contributed by atoms with Gasteiger partial charge in [-0.05, 0) is 46.3 Å². The fraction of sp³-hybridized carbons (Fsp3) is 0.867. The highest BCUT2D eigenvalue weighted by molar-refractivity contribution is 5.88. The van der Waals surface area contributed by atoms with Gasteiger partial charge in [0.15, 0.2) is 5.78 Å². The number of carbonyl (C=O) groups excluding carboxylic acids is 2. The molecular weight excluding hydrogens is 254 g/mol. The zero-order valence-corrected chi connectivity index (χ0v) is 13.5. The molecule has 5 nitrogen and oxygen atoms in total. The number of carbonyl (C=O) groups is 2. The molecule has 2 atom stereocenters. The summed E-state index contributed by atoms with van der Waals surface area (Å²) in [6.07, 6.45) is 2.31. The Balaban J connectivity index is 2.46. The average Bonchev–Trinajstić information content (AvgIpc) is 2.35. The molecule has 0 aliphatic carbocycles. The van der Waals surface area contributed by atoms with Crippen molar-refractivity contribution in [3.8, 4) is 0 Å². The minimum absolute atomic E-state index is 0.0217. The van der Waals surface area contributed by atoms with Crippen molar-refractivity contribution in [2.75, 3.05) is 33.7 Å². The number of Topliss-reactive ketones (excluding diaryl/α,β-unsaturated/α-hetero) is 1. The second kappa shape index (κ2) is 7.74. The molecule has 5 heteroatoms. The van der Waals surface area contributed by atoms with Gasteiger partial charge in [-0.1, -0.05) is 13.8 Å². The molecule has 1 rings (SSSR count). The topological polar surface area (TPSA) is 52.7 Å². The van der Waals surface area contributed by atoms with Crippen LogP contribution in [0.1, 0.15) is 33.6 Å². The molecule has 1 saturated heterocycles. The van der Waals surface area contributed by atoms with Gasteiger partial charge in [-0.3, -0.25) is 14.5 Å². The highest BCUT2D eigenvalue weighted by Crippen LogP contribution is 2.13. The van der Waals surface area contributed by atoms with Crippen molar-refractivity contribution < 1.29 is 9.59 Å². The van der Waals surface area contributed by atoms with E-state index in [-0.39, 0.29) is 23.7 Å². The summed E-state index contributed by atoms with van der Waals surface area (Å²) in [6, 6.07) is 0.0549. The van der Waals surface area contributed by atoms with E-state index < -0.39 is 0 Å². The van der Waals surface area contributed by atoms with Crippen molar-refractivity contribution in [1.82, 2.24) is 15.1 Å². The first-order valence-electron chi connectivity index (χ1n) is 7.49. The lowest BCUT2D eigenvalue weighted by Crippen LogP contribution is -2.51. The van der Waals surface area contributed by atoms with Crippen molar-refractivity contribution in [2.45, 2.75) is 45.7 Å². The molecule has 1 amide bonds. The minimum atomic E-state index is -0.370. The van der Waals surface area contributed by atoms with Crippen LogP contribution >= 0.6 is 0 Å². The largest absolute Gasteiger partial charge is 0.345 e. The maximum Gasteiger partial charge on any atom is 0.234 e. The monoisotopic (exact) mass is 283 g/mol. The van der Waals surface area contributed by atoms with Crippen LogP contribution in [0.25, 0.3) is 0 Å². The molecule has 1 aliphatic rings. The van der Waals surface area contributed by atoms with Crippen LogP contribution in [-0.4, -0.2) is 67.3 Å². The zero-order valence-electron chi connectivity index (χ0n) is 13.5. The molecule has 2 unspecified atom stereocenters. The smallest absolute Gasteiger partial charge is 0.234 e. The van der Waals surface area contributed by atoms with Crippen LogP contribution in [0.3, 0.4) is 0 Å². The molecule has 0 aromatic rings. The molecule has 0 spiro atoms. The second-order valence-corrected chi connectivity index (χ2v) is 6.37. The van der Waals surface area contributed by atoms with Crippen molar-refractivity contribution in [3.05, 3.63) is 0 Å². The van der Waals surface area contributed by atoms with Crippen LogP contribution in [0, 0.1) is 5.92 Å². The number of likely N-dealkylation sites (tertiary alicyclic amines) is 1. The van der Waals surface area contributed by atoms with E-state index in [1.165, 1.54) is 13.3 Å². The Morgan fingerprint density at radius 1 is 1.40 bits per heavy atom. The van der Waals surface area contributed by atoms with Crippen molar-refractivity contribution in [2.24, 2.45) is 5.92 Å². The van der Waals surface area contributed by atoms with E-state index in [0.717, 1.165) is 19.5 Å². The van der Waals surface area contributed by atoms with Crippen LogP contribution in [0.4, 0.5) is 0 Å². The molecular formula is C15H29N3O2. The number of hydrogen-bond donors (Lipinski definition) is 1. The Morgan fingerprint density at radius 2 is 2.05 bits per heavy atom. The molecule has 1 N–H and O–H groups in total. The van der Waals surface area contributed by atoms with Gasteiger partial charge in [-0.2, -0.15) is 0 Å². The van der Waals surface area contributed by atoms with Gasteiger partial charge >= 0.3 is 0 Å². The summed E-state index contributed by atoms with van der Waals surface area (Å²) in [6.45, 7) is 7.93. The summed E-state index contributed by atoms with van der Waals surface area (Å²) in [5.41, 5.74) is 0. The van der Waals surface area contributed by atoms with E-state index in [0.29, 0.717) is 12.6 Å². The maximum atomic E-state index is 12.1. The SMILES string of the molecule is CC(=O)C(NC(=O)CN(C)C1CCCN(C)C1)C(C)C. The van der Waals surface area contributed by atoms with Gasteiger partial charge in [0.1, 0.15) is 0 Å². The third-order valence-electron chi connectivity index (χ3n) is 4.04. The Bertz CT molecular complexity index is 344. The van der Waals surface area contributed by atoms with Crippen LogP contribution in [0.2, 0.25) is 0 Å². The van der Waals surface area contributed by atoms with Crippen LogP contribution in [0.5, 0.6) is 0 Å². The molecule has 0 bridgehead atoms. The zero-order chi connectivity index (χ0) is 15.3. The second-order valence-electron chi connectivity index (χ2n) is 6.37. The first-order valence-corrected chi connectivity index (χ1v) is 7.49. The number of nitrogens with one attached hydrogen (secondary N) is 1. The van der Waals surface area contributed by atoms with E-state index in [9.17, 15) is 9.59 Å². The molecule has 0 saturated carbocycles. The van der Waals surface area contributed by atoms with E-state index in [2.05, 4.69) is 22.2 Å². The highest BCUT2D eigenvalue weighted by atomic mass is 16.2. The standard InChI is InChI=1S/C15H29N3O2/c1-11(2)15(12(3)19)16-14(20)10-18(5)13-7-6-8-17(4)9-13/h11,13,15H,6-10H2,1-5H3,(H,16,20). The molecule has 0 aromatic heterocycles. The molecule has 1 heterocycles.